The third-order valence-corrected chi connectivity index (χ3v) is 4.02. The van der Waals surface area contributed by atoms with Crippen LogP contribution < -0.4 is 10.1 Å². The average molecular weight is 344 g/mol. The highest BCUT2D eigenvalue weighted by molar-refractivity contribution is 5.76. The van der Waals surface area contributed by atoms with Gasteiger partial charge in [0, 0.05) is 30.6 Å². The number of aromatic nitrogens is 2. The van der Waals surface area contributed by atoms with Gasteiger partial charge in [-0.3, -0.25) is 0 Å². The molecule has 0 aliphatic carbocycles. The van der Waals surface area contributed by atoms with Crippen LogP contribution in [0.3, 0.4) is 0 Å². The summed E-state index contributed by atoms with van der Waals surface area (Å²) >= 11 is 0. The van der Waals surface area contributed by atoms with E-state index in [0.717, 1.165) is 11.3 Å². The first-order valence-electron chi connectivity index (χ1n) is 8.37. The molecule has 2 heterocycles. The molecule has 7 heteroatoms. The Labute approximate surface area is 147 Å². The molecule has 2 amide bonds. The molecular weight excluding hydrogens is 320 g/mol. The Morgan fingerprint density at radius 1 is 1.36 bits per heavy atom. The minimum Gasteiger partial charge on any atom is -0.496 e. The average Bonchev–Trinajstić information content (AvgIpc) is 2.92. The van der Waals surface area contributed by atoms with Crippen molar-refractivity contribution in [1.82, 2.24) is 20.4 Å². The second-order valence-corrected chi connectivity index (χ2v) is 7.32. The predicted octanol–water partition coefficient (Wildman–Crippen LogP) is 2.58. The number of benzene rings is 1. The summed E-state index contributed by atoms with van der Waals surface area (Å²) in [6.07, 6.45) is 0.550. The van der Waals surface area contributed by atoms with E-state index in [1.165, 1.54) is 0 Å². The molecule has 0 atom stereocenters. The molecule has 3 rings (SSSR count). The molecular formula is C18H24N4O3. The van der Waals surface area contributed by atoms with E-state index in [9.17, 15) is 4.79 Å². The van der Waals surface area contributed by atoms with Crippen molar-refractivity contribution in [1.29, 1.82) is 0 Å². The summed E-state index contributed by atoms with van der Waals surface area (Å²) in [7, 11) is 1.64. The zero-order valence-electron chi connectivity index (χ0n) is 15.1. The number of hydrogen-bond donors (Lipinski definition) is 1. The molecule has 7 nitrogen and oxygen atoms in total. The Hall–Kier alpha value is -2.57. The summed E-state index contributed by atoms with van der Waals surface area (Å²) in [6.45, 7) is 7.08. The van der Waals surface area contributed by atoms with Crippen LogP contribution in [0.5, 0.6) is 5.75 Å². The molecule has 1 aliphatic heterocycles. The number of hydrogen-bond acceptors (Lipinski definition) is 5. The van der Waals surface area contributed by atoms with Crippen molar-refractivity contribution in [3.05, 3.63) is 41.5 Å². The van der Waals surface area contributed by atoms with Crippen LogP contribution in [0.1, 0.15) is 44.0 Å². The fourth-order valence-corrected chi connectivity index (χ4v) is 2.72. The first-order chi connectivity index (χ1) is 11.9. The van der Waals surface area contributed by atoms with Crippen LogP contribution in [0.25, 0.3) is 0 Å². The van der Waals surface area contributed by atoms with Crippen LogP contribution in [-0.2, 0) is 6.42 Å². The molecule has 0 unspecified atom stereocenters. The van der Waals surface area contributed by atoms with Gasteiger partial charge in [0.2, 0.25) is 5.89 Å². The third kappa shape index (κ3) is 4.10. The lowest BCUT2D eigenvalue weighted by atomic mass is 10.0. The number of nitrogens with zero attached hydrogens (tertiary/aromatic N) is 3. The van der Waals surface area contributed by atoms with E-state index < -0.39 is 0 Å². The molecule has 134 valence electrons. The van der Waals surface area contributed by atoms with Gasteiger partial charge in [0.25, 0.3) is 0 Å². The number of para-hydroxylation sites is 1. The normalized spacial score (nSPS) is 15.0. The summed E-state index contributed by atoms with van der Waals surface area (Å²) in [4.78, 5) is 18.3. The van der Waals surface area contributed by atoms with Crippen molar-refractivity contribution in [2.24, 2.45) is 0 Å². The minimum absolute atomic E-state index is 0.0579. The van der Waals surface area contributed by atoms with Crippen LogP contribution >= 0.6 is 0 Å². The zero-order valence-corrected chi connectivity index (χ0v) is 15.1. The van der Waals surface area contributed by atoms with Gasteiger partial charge in [-0.05, 0) is 26.8 Å². The summed E-state index contributed by atoms with van der Waals surface area (Å²) in [5.74, 6) is 2.12. The van der Waals surface area contributed by atoms with E-state index in [1.54, 1.807) is 12.0 Å². The number of carbonyl (C=O) groups is 1. The summed E-state index contributed by atoms with van der Waals surface area (Å²) in [5, 5.41) is 7.01. The van der Waals surface area contributed by atoms with E-state index >= 15 is 0 Å². The number of ether oxygens (including phenoxy) is 1. The highest BCUT2D eigenvalue weighted by Crippen LogP contribution is 2.27. The molecule has 2 aromatic rings. The molecule has 1 aliphatic rings. The fourth-order valence-electron chi connectivity index (χ4n) is 2.72. The van der Waals surface area contributed by atoms with Crippen LogP contribution in [0.4, 0.5) is 4.79 Å². The fraction of sp³-hybridized carbons (Fsp3) is 0.500. The summed E-state index contributed by atoms with van der Waals surface area (Å²) in [6, 6.07) is 7.72. The van der Waals surface area contributed by atoms with E-state index in [1.807, 2.05) is 45.0 Å². The van der Waals surface area contributed by atoms with Crippen LogP contribution in [0.15, 0.2) is 28.8 Å². The van der Waals surface area contributed by atoms with E-state index in [4.69, 9.17) is 9.26 Å². The maximum absolute atomic E-state index is 12.1. The van der Waals surface area contributed by atoms with Crippen LogP contribution in [-0.4, -0.2) is 46.8 Å². The van der Waals surface area contributed by atoms with Crippen molar-refractivity contribution < 1.29 is 14.1 Å². The van der Waals surface area contributed by atoms with Gasteiger partial charge in [0.1, 0.15) is 5.75 Å². The molecule has 1 fully saturated rings. The lowest BCUT2D eigenvalue weighted by Crippen LogP contribution is -2.56. The molecule has 0 radical (unpaired) electrons. The van der Waals surface area contributed by atoms with Crippen LogP contribution in [0.2, 0.25) is 0 Å². The van der Waals surface area contributed by atoms with Gasteiger partial charge >= 0.3 is 6.03 Å². The molecule has 0 bridgehead atoms. The maximum Gasteiger partial charge on any atom is 0.317 e. The Bertz CT molecular complexity index is 745. The zero-order chi connectivity index (χ0) is 18.0. The van der Waals surface area contributed by atoms with Crippen molar-refractivity contribution >= 4 is 6.03 Å². The van der Waals surface area contributed by atoms with Gasteiger partial charge in [0.05, 0.1) is 13.0 Å². The molecule has 1 N–H and O–H groups in total. The number of amides is 2. The largest absolute Gasteiger partial charge is 0.496 e. The van der Waals surface area contributed by atoms with Crippen molar-refractivity contribution in [3.63, 3.8) is 0 Å². The standard InChI is InChI=1S/C18H24N4O3/c1-18(2,3)20-17(23)22-10-13(11-22)16-19-15(21-25-16)9-12-7-5-6-8-14(12)24-4/h5-8,13H,9-11H2,1-4H3,(H,20,23). The number of methoxy groups -OCH3 is 1. The Morgan fingerprint density at radius 2 is 2.08 bits per heavy atom. The second-order valence-electron chi connectivity index (χ2n) is 7.32. The number of carbonyl (C=O) groups excluding carboxylic acids is 1. The van der Waals surface area contributed by atoms with E-state index in [-0.39, 0.29) is 17.5 Å². The molecule has 1 aromatic heterocycles. The minimum atomic E-state index is -0.242. The molecule has 1 saturated heterocycles. The second kappa shape index (κ2) is 6.74. The van der Waals surface area contributed by atoms with Gasteiger partial charge in [-0.15, -0.1) is 0 Å². The van der Waals surface area contributed by atoms with Gasteiger partial charge in [-0.1, -0.05) is 23.4 Å². The van der Waals surface area contributed by atoms with Crippen LogP contribution in [0, 0.1) is 0 Å². The first kappa shape index (κ1) is 17.3. The van der Waals surface area contributed by atoms with Crippen molar-refractivity contribution in [2.75, 3.05) is 20.2 Å². The summed E-state index contributed by atoms with van der Waals surface area (Å²) < 4.78 is 10.7. The SMILES string of the molecule is COc1ccccc1Cc1noc(C2CN(C(=O)NC(C)(C)C)C2)n1. The van der Waals surface area contributed by atoms with E-state index in [2.05, 4.69) is 15.5 Å². The Morgan fingerprint density at radius 3 is 2.76 bits per heavy atom. The third-order valence-electron chi connectivity index (χ3n) is 4.02. The molecule has 0 spiro atoms. The van der Waals surface area contributed by atoms with Crippen molar-refractivity contribution in [2.45, 2.75) is 38.6 Å². The smallest absolute Gasteiger partial charge is 0.317 e. The number of rotatable bonds is 4. The first-order valence-corrected chi connectivity index (χ1v) is 8.37. The lowest BCUT2D eigenvalue weighted by molar-refractivity contribution is 0.131. The number of likely N-dealkylation sites (tertiary alicyclic amines) is 1. The predicted molar refractivity (Wildman–Crippen MR) is 92.7 cm³/mol. The van der Waals surface area contributed by atoms with Gasteiger partial charge in [-0.2, -0.15) is 4.98 Å². The quantitative estimate of drug-likeness (QED) is 0.922. The summed E-state index contributed by atoms with van der Waals surface area (Å²) in [5.41, 5.74) is 0.770. The van der Waals surface area contributed by atoms with E-state index in [0.29, 0.717) is 31.2 Å². The monoisotopic (exact) mass is 344 g/mol. The maximum atomic E-state index is 12.1. The Kier molecular flexibility index (Phi) is 4.65. The number of nitrogens with one attached hydrogen (secondary N) is 1. The molecule has 25 heavy (non-hydrogen) atoms. The lowest BCUT2D eigenvalue weighted by Gasteiger charge is -2.38. The number of urea groups is 1. The Balaban J connectivity index is 1.57. The van der Waals surface area contributed by atoms with Gasteiger partial charge in [0.15, 0.2) is 5.82 Å². The van der Waals surface area contributed by atoms with Gasteiger partial charge in [-0.25, -0.2) is 4.79 Å². The highest BCUT2D eigenvalue weighted by atomic mass is 16.5. The highest BCUT2D eigenvalue weighted by Gasteiger charge is 2.36. The molecule has 0 saturated carbocycles. The topological polar surface area (TPSA) is 80.5 Å². The van der Waals surface area contributed by atoms with Crippen molar-refractivity contribution in [3.8, 4) is 5.75 Å². The molecule has 1 aromatic carbocycles. The van der Waals surface area contributed by atoms with Gasteiger partial charge < -0.3 is 19.5 Å².